The van der Waals surface area contributed by atoms with Gasteiger partial charge in [-0.1, -0.05) is 6.07 Å². The fraction of sp³-hybridized carbons (Fsp3) is 0.143. The summed E-state index contributed by atoms with van der Waals surface area (Å²) in [5.74, 6) is 0.965. The molecule has 0 spiro atoms. The minimum atomic E-state index is -3.89. The van der Waals surface area contributed by atoms with Crippen LogP contribution in [0.5, 0.6) is 11.5 Å². The number of H-pyrrole nitrogens is 1. The molecule has 0 aliphatic heterocycles. The van der Waals surface area contributed by atoms with Crippen molar-refractivity contribution in [2.75, 3.05) is 25.0 Å². The quantitative estimate of drug-likeness (QED) is 0.384. The molecular weight excluding hydrogens is 420 g/mol. The molecular formula is C21H20N4O5S. The number of nitrogens with one attached hydrogen (secondary N) is 2. The maximum atomic E-state index is 13.0. The Hall–Kier alpha value is -3.63. The third kappa shape index (κ3) is 4.44. The van der Waals surface area contributed by atoms with Crippen molar-refractivity contribution in [3.63, 3.8) is 0 Å². The molecule has 10 heteroatoms. The van der Waals surface area contributed by atoms with Crippen LogP contribution in [0.2, 0.25) is 0 Å². The molecule has 0 aliphatic carbocycles. The van der Waals surface area contributed by atoms with Crippen LogP contribution in [-0.2, 0) is 10.0 Å². The van der Waals surface area contributed by atoms with Crippen LogP contribution in [0.1, 0.15) is 0 Å². The van der Waals surface area contributed by atoms with E-state index in [9.17, 15) is 8.42 Å². The summed E-state index contributed by atoms with van der Waals surface area (Å²) in [5, 5.41) is 16.4. The third-order valence-electron chi connectivity index (χ3n) is 4.53. The van der Waals surface area contributed by atoms with Crippen LogP contribution in [0, 0.1) is 0 Å². The largest absolute Gasteiger partial charge is 0.496 e. The third-order valence-corrected chi connectivity index (χ3v) is 5.91. The molecule has 0 atom stereocenters. The Labute approximate surface area is 178 Å². The Bertz CT molecular complexity index is 1320. The van der Waals surface area contributed by atoms with Gasteiger partial charge in [-0.2, -0.15) is 5.10 Å². The molecule has 0 radical (unpaired) electrons. The lowest BCUT2D eigenvalue weighted by Crippen LogP contribution is -2.13. The van der Waals surface area contributed by atoms with Crippen LogP contribution >= 0.6 is 0 Å². The van der Waals surface area contributed by atoms with Crippen LogP contribution in [0.4, 0.5) is 5.69 Å². The van der Waals surface area contributed by atoms with Crippen molar-refractivity contribution in [2.45, 2.75) is 4.90 Å². The number of pyridine rings is 1. The van der Waals surface area contributed by atoms with Gasteiger partial charge in [0, 0.05) is 28.8 Å². The molecule has 0 bridgehead atoms. The van der Waals surface area contributed by atoms with E-state index in [0.717, 1.165) is 5.39 Å². The van der Waals surface area contributed by atoms with Gasteiger partial charge in [0.25, 0.3) is 10.0 Å². The molecule has 0 saturated carbocycles. The average molecular weight is 440 g/mol. The number of aromatic amines is 1. The number of nitrogens with zero attached hydrogens (tertiary/aromatic N) is 2. The van der Waals surface area contributed by atoms with E-state index >= 15 is 0 Å². The van der Waals surface area contributed by atoms with Gasteiger partial charge in [-0.15, -0.1) is 0 Å². The SMILES string of the molecule is COc1ccc(S(=O)(=O)Nc2cccc(OCCO)c2)cc1-c1cnc2[nH]ncc2c1. The molecule has 4 aromatic rings. The van der Waals surface area contributed by atoms with Crippen molar-refractivity contribution < 1.29 is 23.0 Å². The first-order chi connectivity index (χ1) is 15.0. The van der Waals surface area contributed by atoms with E-state index in [-0.39, 0.29) is 18.1 Å². The molecule has 0 aliphatic rings. The lowest BCUT2D eigenvalue weighted by molar-refractivity contribution is 0.201. The number of hydrogen-bond acceptors (Lipinski definition) is 7. The van der Waals surface area contributed by atoms with Gasteiger partial charge in [-0.3, -0.25) is 9.82 Å². The smallest absolute Gasteiger partial charge is 0.261 e. The average Bonchev–Trinajstić information content (AvgIpc) is 3.25. The zero-order valence-corrected chi connectivity index (χ0v) is 17.4. The van der Waals surface area contributed by atoms with Crippen molar-refractivity contribution in [2.24, 2.45) is 0 Å². The van der Waals surface area contributed by atoms with E-state index in [1.807, 2.05) is 6.07 Å². The van der Waals surface area contributed by atoms with Gasteiger partial charge in [0.1, 0.15) is 18.1 Å². The molecule has 0 unspecified atom stereocenters. The minimum absolute atomic E-state index is 0.0669. The van der Waals surface area contributed by atoms with Crippen molar-refractivity contribution in [1.29, 1.82) is 0 Å². The number of methoxy groups -OCH3 is 1. The molecule has 160 valence electrons. The van der Waals surface area contributed by atoms with Crippen molar-refractivity contribution in [1.82, 2.24) is 15.2 Å². The Morgan fingerprint density at radius 2 is 2.00 bits per heavy atom. The highest BCUT2D eigenvalue weighted by atomic mass is 32.2. The minimum Gasteiger partial charge on any atom is -0.496 e. The molecule has 2 heterocycles. The zero-order chi connectivity index (χ0) is 21.8. The number of aromatic nitrogens is 3. The highest BCUT2D eigenvalue weighted by Gasteiger charge is 2.18. The number of ether oxygens (including phenoxy) is 2. The fourth-order valence-corrected chi connectivity index (χ4v) is 4.17. The number of anilines is 1. The maximum absolute atomic E-state index is 13.0. The summed E-state index contributed by atoms with van der Waals surface area (Å²) in [7, 11) is -2.37. The number of sulfonamides is 1. The topological polar surface area (TPSA) is 126 Å². The van der Waals surface area contributed by atoms with Crippen LogP contribution in [0.25, 0.3) is 22.2 Å². The summed E-state index contributed by atoms with van der Waals surface area (Å²) in [6.07, 6.45) is 3.27. The molecule has 2 aromatic carbocycles. The van der Waals surface area contributed by atoms with Gasteiger partial charge in [0.2, 0.25) is 0 Å². The van der Waals surface area contributed by atoms with Gasteiger partial charge >= 0.3 is 0 Å². The van der Waals surface area contributed by atoms with Crippen LogP contribution in [-0.4, -0.2) is 49.0 Å². The molecule has 0 amide bonds. The lowest BCUT2D eigenvalue weighted by Gasteiger charge is -2.13. The van der Waals surface area contributed by atoms with E-state index in [1.165, 1.54) is 19.2 Å². The van der Waals surface area contributed by atoms with Gasteiger partial charge in [-0.05, 0) is 36.4 Å². The summed E-state index contributed by atoms with van der Waals surface area (Å²) in [6.45, 7) is -0.0167. The van der Waals surface area contributed by atoms with Gasteiger partial charge in [-0.25, -0.2) is 13.4 Å². The number of hydrogen-bond donors (Lipinski definition) is 3. The maximum Gasteiger partial charge on any atom is 0.261 e. The van der Waals surface area contributed by atoms with Crippen LogP contribution in [0.15, 0.2) is 65.8 Å². The van der Waals surface area contributed by atoms with E-state index < -0.39 is 10.0 Å². The van der Waals surface area contributed by atoms with Gasteiger partial charge in [0.05, 0.1) is 30.5 Å². The predicted octanol–water partition coefficient (Wildman–Crippen LogP) is 2.81. The summed E-state index contributed by atoms with van der Waals surface area (Å²) < 4.78 is 39.4. The van der Waals surface area contributed by atoms with E-state index in [4.69, 9.17) is 14.6 Å². The Kier molecular flexibility index (Phi) is 5.74. The van der Waals surface area contributed by atoms with Crippen molar-refractivity contribution >= 4 is 26.7 Å². The van der Waals surface area contributed by atoms with E-state index in [0.29, 0.717) is 34.0 Å². The molecule has 4 rings (SSSR count). The molecule has 0 saturated heterocycles. The number of aliphatic hydroxyl groups excluding tert-OH is 1. The van der Waals surface area contributed by atoms with Crippen molar-refractivity contribution in [3.8, 4) is 22.6 Å². The first-order valence-corrected chi connectivity index (χ1v) is 10.8. The first kappa shape index (κ1) is 20.6. The number of aliphatic hydroxyl groups is 1. The molecule has 31 heavy (non-hydrogen) atoms. The molecule has 0 fully saturated rings. The predicted molar refractivity (Wildman–Crippen MR) is 116 cm³/mol. The van der Waals surface area contributed by atoms with Crippen LogP contribution < -0.4 is 14.2 Å². The van der Waals surface area contributed by atoms with E-state index in [1.54, 1.807) is 42.7 Å². The summed E-state index contributed by atoms with van der Waals surface area (Å²) in [4.78, 5) is 4.38. The zero-order valence-electron chi connectivity index (χ0n) is 16.6. The Morgan fingerprint density at radius 1 is 1.13 bits per heavy atom. The van der Waals surface area contributed by atoms with Gasteiger partial charge < -0.3 is 14.6 Å². The molecule has 9 nitrogen and oxygen atoms in total. The monoisotopic (exact) mass is 440 g/mol. The van der Waals surface area contributed by atoms with Gasteiger partial charge in [0.15, 0.2) is 5.65 Å². The highest BCUT2D eigenvalue weighted by molar-refractivity contribution is 7.92. The number of benzene rings is 2. The normalized spacial score (nSPS) is 11.4. The molecule has 2 aromatic heterocycles. The second-order valence-corrected chi connectivity index (χ2v) is 8.28. The number of rotatable bonds is 8. The highest BCUT2D eigenvalue weighted by Crippen LogP contribution is 2.33. The second kappa shape index (κ2) is 8.62. The fourth-order valence-electron chi connectivity index (χ4n) is 3.09. The van der Waals surface area contributed by atoms with Crippen LogP contribution in [0.3, 0.4) is 0 Å². The summed E-state index contributed by atoms with van der Waals surface area (Å²) in [6, 6.07) is 13.0. The second-order valence-electron chi connectivity index (χ2n) is 6.60. The Morgan fingerprint density at radius 3 is 2.81 bits per heavy atom. The summed E-state index contributed by atoms with van der Waals surface area (Å²) >= 11 is 0. The lowest BCUT2D eigenvalue weighted by atomic mass is 10.1. The molecule has 3 N–H and O–H groups in total. The first-order valence-electron chi connectivity index (χ1n) is 9.34. The van der Waals surface area contributed by atoms with E-state index in [2.05, 4.69) is 19.9 Å². The Balaban J connectivity index is 1.68. The number of fused-ring (bicyclic) bond motifs is 1. The van der Waals surface area contributed by atoms with Crippen molar-refractivity contribution in [3.05, 3.63) is 60.9 Å². The standard InChI is InChI=1S/C21H20N4O5S/c1-29-20-6-5-18(11-19(20)14-9-15-13-23-24-21(15)22-12-14)31(27,28)25-16-3-2-4-17(10-16)30-8-7-26/h2-6,9-13,25-26H,7-8H2,1H3,(H,22,23,24). The summed E-state index contributed by atoms with van der Waals surface area (Å²) in [5.41, 5.74) is 2.26.